The van der Waals surface area contributed by atoms with Gasteiger partial charge in [0, 0.05) is 13.0 Å². The van der Waals surface area contributed by atoms with E-state index in [2.05, 4.69) is 32.2 Å². The largest absolute Gasteiger partial charge is 0.487 e. The fraction of sp³-hybridized carbons (Fsp3) is 0.588. The number of halogens is 1. The lowest BCUT2D eigenvalue weighted by Crippen LogP contribution is -2.31. The zero-order valence-electron chi connectivity index (χ0n) is 13.6. The second-order valence-corrected chi connectivity index (χ2v) is 6.75. The summed E-state index contributed by atoms with van der Waals surface area (Å²) in [5, 5.41) is 3.71. The SMILES string of the molecule is CCC(C)(C)c1ccc(O[C@H]2CN[C@H](C(=O)OC)C2)c(Cl)c1. The summed E-state index contributed by atoms with van der Waals surface area (Å²) in [7, 11) is 1.39. The Labute approximate surface area is 137 Å². The number of rotatable bonds is 5. The first-order valence-corrected chi connectivity index (χ1v) is 8.03. The monoisotopic (exact) mass is 325 g/mol. The second-order valence-electron chi connectivity index (χ2n) is 6.34. The molecule has 1 fully saturated rings. The maximum Gasteiger partial charge on any atom is 0.323 e. The average Bonchev–Trinajstić information content (AvgIpc) is 2.97. The van der Waals surface area contributed by atoms with E-state index < -0.39 is 0 Å². The lowest BCUT2D eigenvalue weighted by Gasteiger charge is -2.24. The Kier molecular flexibility index (Phi) is 5.35. The maximum atomic E-state index is 11.5. The predicted octanol–water partition coefficient (Wildman–Crippen LogP) is 3.31. The molecule has 0 saturated carbocycles. The van der Waals surface area contributed by atoms with Gasteiger partial charge in [0.05, 0.1) is 12.1 Å². The molecule has 1 N–H and O–H groups in total. The number of ether oxygens (including phenoxy) is 2. The third kappa shape index (κ3) is 3.73. The van der Waals surface area contributed by atoms with Crippen LogP contribution in [0.1, 0.15) is 39.2 Å². The molecule has 1 aromatic carbocycles. The molecule has 1 saturated heterocycles. The molecule has 0 aliphatic carbocycles. The molecule has 2 rings (SSSR count). The minimum Gasteiger partial charge on any atom is -0.487 e. The highest BCUT2D eigenvalue weighted by Crippen LogP contribution is 2.34. The number of carbonyl (C=O) groups excluding carboxylic acids is 1. The van der Waals surface area contributed by atoms with Gasteiger partial charge in [-0.2, -0.15) is 0 Å². The number of esters is 1. The first-order valence-electron chi connectivity index (χ1n) is 7.65. The fourth-order valence-corrected chi connectivity index (χ4v) is 2.74. The number of nitrogens with one attached hydrogen (secondary N) is 1. The molecule has 2 atom stereocenters. The third-order valence-electron chi connectivity index (χ3n) is 4.47. The number of benzene rings is 1. The van der Waals surface area contributed by atoms with Gasteiger partial charge in [-0.25, -0.2) is 0 Å². The number of carbonyl (C=O) groups is 1. The Morgan fingerprint density at radius 2 is 2.18 bits per heavy atom. The molecule has 0 amide bonds. The molecule has 0 unspecified atom stereocenters. The van der Waals surface area contributed by atoms with E-state index in [-0.39, 0.29) is 23.5 Å². The molecule has 1 heterocycles. The van der Waals surface area contributed by atoms with Crippen molar-refractivity contribution in [3.8, 4) is 5.75 Å². The van der Waals surface area contributed by atoms with Crippen LogP contribution in [0.15, 0.2) is 18.2 Å². The van der Waals surface area contributed by atoms with Crippen molar-refractivity contribution in [2.45, 2.75) is 51.2 Å². The standard InChI is InChI=1S/C17H24ClNO3/c1-5-17(2,3)11-6-7-15(13(18)8-11)22-12-9-14(19-10-12)16(20)21-4/h6-8,12,14,19H,5,9-10H2,1-4H3/t12-,14+/m1/s1. The van der Waals surface area contributed by atoms with Crippen LogP contribution in [0.25, 0.3) is 0 Å². The molecule has 1 aliphatic heterocycles. The molecular formula is C17H24ClNO3. The fourth-order valence-electron chi connectivity index (χ4n) is 2.52. The van der Waals surface area contributed by atoms with Crippen molar-refractivity contribution < 1.29 is 14.3 Å². The van der Waals surface area contributed by atoms with E-state index in [9.17, 15) is 4.79 Å². The summed E-state index contributed by atoms with van der Waals surface area (Å²) in [5.74, 6) is 0.409. The summed E-state index contributed by atoms with van der Waals surface area (Å²) in [4.78, 5) is 11.5. The van der Waals surface area contributed by atoms with Gasteiger partial charge < -0.3 is 14.8 Å². The van der Waals surface area contributed by atoms with Crippen molar-refractivity contribution >= 4 is 17.6 Å². The summed E-state index contributed by atoms with van der Waals surface area (Å²) < 4.78 is 10.7. The van der Waals surface area contributed by atoms with Gasteiger partial charge in [0.15, 0.2) is 0 Å². The van der Waals surface area contributed by atoms with Crippen LogP contribution in [-0.2, 0) is 14.9 Å². The summed E-state index contributed by atoms with van der Waals surface area (Å²) in [6.07, 6.45) is 1.55. The van der Waals surface area contributed by atoms with Crippen LogP contribution >= 0.6 is 11.6 Å². The first-order chi connectivity index (χ1) is 10.4. The third-order valence-corrected chi connectivity index (χ3v) is 4.76. The van der Waals surface area contributed by atoms with Crippen LogP contribution in [0.2, 0.25) is 5.02 Å². The van der Waals surface area contributed by atoms with Gasteiger partial charge in [0.25, 0.3) is 0 Å². The minimum atomic E-state index is -0.299. The smallest absolute Gasteiger partial charge is 0.323 e. The lowest BCUT2D eigenvalue weighted by molar-refractivity contribution is -0.142. The van der Waals surface area contributed by atoms with Crippen molar-refractivity contribution in [3.05, 3.63) is 28.8 Å². The van der Waals surface area contributed by atoms with Gasteiger partial charge in [-0.3, -0.25) is 4.79 Å². The number of methoxy groups -OCH3 is 1. The van der Waals surface area contributed by atoms with Crippen LogP contribution in [0.4, 0.5) is 0 Å². The number of hydrogen-bond donors (Lipinski definition) is 1. The minimum absolute atomic E-state index is 0.0772. The Morgan fingerprint density at radius 3 is 2.77 bits per heavy atom. The molecule has 0 aromatic heterocycles. The van der Waals surface area contributed by atoms with E-state index in [0.717, 1.165) is 6.42 Å². The van der Waals surface area contributed by atoms with E-state index in [4.69, 9.17) is 21.1 Å². The summed E-state index contributed by atoms with van der Waals surface area (Å²) in [5.41, 5.74) is 1.29. The quantitative estimate of drug-likeness (QED) is 0.844. The molecule has 1 aromatic rings. The van der Waals surface area contributed by atoms with Crippen molar-refractivity contribution in [1.29, 1.82) is 0 Å². The van der Waals surface area contributed by atoms with Gasteiger partial charge in [-0.1, -0.05) is 38.4 Å². The summed E-state index contributed by atoms with van der Waals surface area (Å²) in [6, 6.07) is 5.65. The summed E-state index contributed by atoms with van der Waals surface area (Å²) in [6.45, 7) is 7.16. The molecular weight excluding hydrogens is 302 g/mol. The molecule has 122 valence electrons. The van der Waals surface area contributed by atoms with Crippen LogP contribution in [0.5, 0.6) is 5.75 Å². The van der Waals surface area contributed by atoms with Crippen molar-refractivity contribution in [2.75, 3.05) is 13.7 Å². The maximum absolute atomic E-state index is 11.5. The van der Waals surface area contributed by atoms with E-state index in [1.165, 1.54) is 12.7 Å². The lowest BCUT2D eigenvalue weighted by atomic mass is 9.82. The highest BCUT2D eigenvalue weighted by atomic mass is 35.5. The van der Waals surface area contributed by atoms with Gasteiger partial charge in [0.2, 0.25) is 0 Å². The van der Waals surface area contributed by atoms with Gasteiger partial charge in [-0.05, 0) is 29.5 Å². The molecule has 4 nitrogen and oxygen atoms in total. The zero-order chi connectivity index (χ0) is 16.3. The number of hydrogen-bond acceptors (Lipinski definition) is 4. The van der Waals surface area contributed by atoms with Crippen LogP contribution < -0.4 is 10.1 Å². The van der Waals surface area contributed by atoms with E-state index in [0.29, 0.717) is 23.7 Å². The topological polar surface area (TPSA) is 47.6 Å². The van der Waals surface area contributed by atoms with Crippen LogP contribution in [-0.4, -0.2) is 31.8 Å². The van der Waals surface area contributed by atoms with Crippen molar-refractivity contribution in [2.24, 2.45) is 0 Å². The Morgan fingerprint density at radius 1 is 1.45 bits per heavy atom. The van der Waals surface area contributed by atoms with Crippen molar-refractivity contribution in [1.82, 2.24) is 5.32 Å². The zero-order valence-corrected chi connectivity index (χ0v) is 14.4. The summed E-state index contributed by atoms with van der Waals surface area (Å²) >= 11 is 6.36. The molecule has 1 aliphatic rings. The van der Waals surface area contributed by atoms with E-state index >= 15 is 0 Å². The predicted molar refractivity (Wildman–Crippen MR) is 87.6 cm³/mol. The van der Waals surface area contributed by atoms with E-state index in [1.807, 2.05) is 12.1 Å². The van der Waals surface area contributed by atoms with Gasteiger partial charge in [-0.15, -0.1) is 0 Å². The van der Waals surface area contributed by atoms with Gasteiger partial charge in [0.1, 0.15) is 17.9 Å². The Bertz CT molecular complexity index is 545. The van der Waals surface area contributed by atoms with Crippen LogP contribution in [0, 0.1) is 0 Å². The van der Waals surface area contributed by atoms with Gasteiger partial charge >= 0.3 is 5.97 Å². The first kappa shape index (κ1) is 17.1. The van der Waals surface area contributed by atoms with E-state index in [1.54, 1.807) is 0 Å². The molecule has 0 radical (unpaired) electrons. The Hall–Kier alpha value is -1.26. The molecule has 0 bridgehead atoms. The molecule has 5 heteroatoms. The molecule has 0 spiro atoms. The molecule has 22 heavy (non-hydrogen) atoms. The normalized spacial score (nSPS) is 21.7. The Balaban J connectivity index is 2.04. The highest BCUT2D eigenvalue weighted by molar-refractivity contribution is 6.32. The average molecular weight is 326 g/mol. The van der Waals surface area contributed by atoms with Crippen LogP contribution in [0.3, 0.4) is 0 Å². The van der Waals surface area contributed by atoms with Crippen molar-refractivity contribution in [3.63, 3.8) is 0 Å². The highest BCUT2D eigenvalue weighted by Gasteiger charge is 2.31. The second kappa shape index (κ2) is 6.88.